The molecule has 2 rings (SSSR count). The van der Waals surface area contributed by atoms with Gasteiger partial charge in [-0.25, -0.2) is 25.3 Å². The van der Waals surface area contributed by atoms with E-state index in [-0.39, 0.29) is 36.4 Å². The van der Waals surface area contributed by atoms with Crippen LogP contribution in [0.3, 0.4) is 0 Å². The zero-order valence-corrected chi connectivity index (χ0v) is 27.4. The van der Waals surface area contributed by atoms with E-state index in [1.54, 1.807) is 0 Å². The zero-order chi connectivity index (χ0) is 39.2. The van der Waals surface area contributed by atoms with E-state index in [2.05, 4.69) is 0 Å². The predicted molar refractivity (Wildman–Crippen MR) is 136 cm³/mol. The number of hydrogen-bond donors (Lipinski definition) is 2. The summed E-state index contributed by atoms with van der Waals surface area (Å²) in [6.07, 6.45) is 0. The summed E-state index contributed by atoms with van der Waals surface area (Å²) < 4.78 is 300. The molecule has 31 heteroatoms. The lowest BCUT2D eigenvalue weighted by Crippen LogP contribution is -2.60. The van der Waals surface area contributed by atoms with Crippen LogP contribution in [0.1, 0.15) is 0 Å². The van der Waals surface area contributed by atoms with Crippen LogP contribution in [0.5, 0.6) is 0 Å². The largest absolute Gasteiger partial charge is 0.439 e. The SMILES string of the molecule is O=S(=O)(c1ccc(S(=O)(=O)C(F)(F)C(F)(F)C(F)(F)S(=O)(=O)O)c(Cl)c1)c1ccc(S(=O)(=O)C(F)(F)C(F)(F)C(F)(F)S(=O)(=O)O)c(Cl)c1. The fourth-order valence-corrected chi connectivity index (χ4v) is 9.20. The molecule has 0 heterocycles. The summed E-state index contributed by atoms with van der Waals surface area (Å²) in [5.41, 5.74) is 0. The molecule has 0 aliphatic carbocycles. The highest BCUT2D eigenvalue weighted by Crippen LogP contribution is 2.54. The average molecular weight is 875 g/mol. The number of benzene rings is 2. The van der Waals surface area contributed by atoms with Gasteiger partial charge in [-0.2, -0.15) is 69.5 Å². The van der Waals surface area contributed by atoms with Crippen molar-refractivity contribution in [2.75, 3.05) is 0 Å². The van der Waals surface area contributed by atoms with Crippen LogP contribution in [0, 0.1) is 0 Å². The summed E-state index contributed by atoms with van der Waals surface area (Å²) >= 11 is 10.8. The highest BCUT2D eigenvalue weighted by molar-refractivity contribution is 7.93. The molecule has 0 spiro atoms. The van der Waals surface area contributed by atoms with Crippen molar-refractivity contribution in [2.24, 2.45) is 0 Å². The predicted octanol–water partition coefficient (Wildman–Crippen LogP) is 4.79. The molecular weight excluding hydrogens is 867 g/mol. The fraction of sp³-hybridized carbons (Fsp3) is 0.333. The topological polar surface area (TPSA) is 211 Å². The molecule has 0 radical (unpaired) electrons. The smallest absolute Gasteiger partial charge is 0.281 e. The van der Waals surface area contributed by atoms with Crippen LogP contribution in [0.25, 0.3) is 0 Å². The van der Waals surface area contributed by atoms with Crippen molar-refractivity contribution in [2.45, 2.75) is 52.4 Å². The Morgan fingerprint density at radius 1 is 0.449 bits per heavy atom. The van der Waals surface area contributed by atoms with Crippen LogP contribution in [0.2, 0.25) is 10.0 Å². The Bertz CT molecular complexity index is 2110. The summed E-state index contributed by atoms with van der Waals surface area (Å²) in [6, 6.07) is -1.31. The third-order valence-electron chi connectivity index (χ3n) is 5.79. The maximum atomic E-state index is 14.3. The van der Waals surface area contributed by atoms with E-state index in [1.807, 2.05) is 0 Å². The first-order valence-electron chi connectivity index (χ1n) is 10.8. The Morgan fingerprint density at radius 2 is 0.694 bits per heavy atom. The van der Waals surface area contributed by atoms with Crippen molar-refractivity contribution in [3.63, 3.8) is 0 Å². The molecule has 0 aromatic heterocycles. The van der Waals surface area contributed by atoms with Gasteiger partial charge in [0, 0.05) is 0 Å². The van der Waals surface area contributed by atoms with Gasteiger partial charge < -0.3 is 0 Å². The minimum Gasteiger partial charge on any atom is -0.281 e. The molecule has 0 aliphatic heterocycles. The van der Waals surface area contributed by atoms with Crippen molar-refractivity contribution in [3.05, 3.63) is 46.4 Å². The monoisotopic (exact) mass is 874 g/mol. The van der Waals surface area contributed by atoms with Crippen LogP contribution in [0.15, 0.2) is 56.0 Å². The first kappa shape index (κ1) is 43.0. The second kappa shape index (κ2) is 12.0. The molecular formula is C18H8Cl2F12O12S5. The summed E-state index contributed by atoms with van der Waals surface area (Å²) in [5.74, 6) is -14.9. The highest BCUT2D eigenvalue weighted by Gasteiger charge is 2.83. The number of sulfone groups is 3. The van der Waals surface area contributed by atoms with E-state index in [9.17, 15) is 94.8 Å². The van der Waals surface area contributed by atoms with E-state index < -0.39 is 112 Å². The lowest BCUT2D eigenvalue weighted by molar-refractivity contribution is -0.245. The highest BCUT2D eigenvalue weighted by atomic mass is 35.5. The lowest BCUT2D eigenvalue weighted by Gasteiger charge is -2.30. The maximum absolute atomic E-state index is 14.3. The minimum atomic E-state index is -7.44. The van der Waals surface area contributed by atoms with Gasteiger partial charge in [0.05, 0.1) is 29.6 Å². The molecule has 2 N–H and O–H groups in total. The Labute approximate surface area is 274 Å². The van der Waals surface area contributed by atoms with Gasteiger partial charge in [-0.3, -0.25) is 9.11 Å². The fourth-order valence-electron chi connectivity index (χ4n) is 3.15. The van der Waals surface area contributed by atoms with Crippen molar-refractivity contribution in [1.82, 2.24) is 0 Å². The van der Waals surface area contributed by atoms with Crippen LogP contribution in [-0.2, 0) is 49.7 Å². The molecule has 0 bridgehead atoms. The number of alkyl halides is 12. The van der Waals surface area contributed by atoms with Crippen molar-refractivity contribution in [1.29, 1.82) is 0 Å². The molecule has 0 aliphatic rings. The Morgan fingerprint density at radius 3 is 0.898 bits per heavy atom. The van der Waals surface area contributed by atoms with E-state index in [1.165, 1.54) is 0 Å². The molecule has 280 valence electrons. The van der Waals surface area contributed by atoms with Gasteiger partial charge in [0.1, 0.15) is 0 Å². The molecule has 0 fully saturated rings. The zero-order valence-electron chi connectivity index (χ0n) is 21.8. The van der Waals surface area contributed by atoms with Crippen molar-refractivity contribution >= 4 is 72.9 Å². The third-order valence-corrected chi connectivity index (χ3v) is 13.9. The van der Waals surface area contributed by atoms with Gasteiger partial charge in [-0.05, 0) is 36.4 Å². The molecule has 12 nitrogen and oxygen atoms in total. The molecule has 0 saturated carbocycles. The Balaban J connectivity index is 2.69. The summed E-state index contributed by atoms with van der Waals surface area (Å²) in [6.45, 7) is 0. The van der Waals surface area contributed by atoms with Gasteiger partial charge in [0.2, 0.25) is 9.84 Å². The van der Waals surface area contributed by atoms with E-state index in [4.69, 9.17) is 32.3 Å². The second-order valence-corrected chi connectivity index (χ2v) is 18.5. The number of hydrogen-bond acceptors (Lipinski definition) is 10. The molecule has 2 aromatic rings. The van der Waals surface area contributed by atoms with Crippen LogP contribution in [-0.4, -0.2) is 84.1 Å². The van der Waals surface area contributed by atoms with Crippen molar-refractivity contribution < 1.29 is 104 Å². The first-order valence-corrected chi connectivity index (χ1v) is 18.9. The molecule has 49 heavy (non-hydrogen) atoms. The maximum Gasteiger partial charge on any atom is 0.439 e. The summed E-state index contributed by atoms with van der Waals surface area (Å²) in [4.78, 5) is -7.42. The Kier molecular flexibility index (Phi) is 10.5. The van der Waals surface area contributed by atoms with E-state index in [0.717, 1.165) is 0 Å². The van der Waals surface area contributed by atoms with E-state index >= 15 is 0 Å². The number of rotatable bonds is 12. The van der Waals surface area contributed by atoms with Gasteiger partial charge in [0.15, 0.2) is 0 Å². The standard InChI is InChI=1S/C18H8Cl2F12O12S5/c19-9-5-7(1-3-11(9)46(35,36)15(25,26)13(21,22)17(29,30)48(39,40)41)45(33,34)8-2-4-12(10(20)6-8)47(37,38)16(27,28)14(23,24)18(31,32)49(42,43)44/h1-6H,(H,39,40,41)(H,42,43,44). The lowest BCUT2D eigenvalue weighted by atomic mass is 10.3. The van der Waals surface area contributed by atoms with Gasteiger partial charge in [-0.15, -0.1) is 0 Å². The second-order valence-electron chi connectivity index (χ2n) is 8.86. The molecule has 0 atom stereocenters. The van der Waals surface area contributed by atoms with Crippen LogP contribution < -0.4 is 0 Å². The molecule has 2 aromatic carbocycles. The average Bonchev–Trinajstić information content (AvgIpc) is 2.90. The van der Waals surface area contributed by atoms with Crippen LogP contribution >= 0.6 is 23.2 Å². The van der Waals surface area contributed by atoms with Crippen LogP contribution in [0.4, 0.5) is 52.7 Å². The summed E-state index contributed by atoms with van der Waals surface area (Å²) in [5, 5.41) is -32.2. The molecule has 0 amide bonds. The molecule has 0 saturated heterocycles. The first-order chi connectivity index (χ1) is 21.2. The van der Waals surface area contributed by atoms with Gasteiger partial charge in [-0.1, -0.05) is 23.2 Å². The van der Waals surface area contributed by atoms with Gasteiger partial charge in [0.25, 0.3) is 19.7 Å². The van der Waals surface area contributed by atoms with Gasteiger partial charge >= 0.3 is 53.1 Å². The van der Waals surface area contributed by atoms with E-state index in [0.29, 0.717) is 0 Å². The third kappa shape index (κ3) is 6.14. The minimum absolute atomic E-state index is 0.103. The molecule has 0 unspecified atom stereocenters. The quantitative estimate of drug-likeness (QED) is 0.218. The normalized spacial score (nSPS) is 15.3. The number of halogens is 14. The van der Waals surface area contributed by atoms with Crippen molar-refractivity contribution in [3.8, 4) is 0 Å². The summed E-state index contributed by atoms with van der Waals surface area (Å²) in [7, 11) is -34.8. The Hall–Kier alpha value is -2.15.